The van der Waals surface area contributed by atoms with Crippen molar-refractivity contribution < 1.29 is 29.3 Å². The SMILES string of the molecule is COCCCN1C(=O)C(=O)/C(=C(\O)c2ccc(OCc3ccccc3)cc2C)C1c1ccc(O)cc1. The fourth-order valence-corrected chi connectivity index (χ4v) is 4.37. The highest BCUT2D eigenvalue weighted by atomic mass is 16.5. The topological polar surface area (TPSA) is 96.3 Å². The number of phenolic OH excluding ortho intramolecular Hbond substituents is 1. The average Bonchev–Trinajstić information content (AvgIpc) is 3.13. The Bertz CT molecular complexity index is 1270. The first kappa shape index (κ1) is 25.0. The number of nitrogens with zero attached hydrogens (tertiary/aromatic N) is 1. The fraction of sp³-hybridized carbons (Fsp3) is 0.241. The van der Waals surface area contributed by atoms with Crippen LogP contribution in [0.25, 0.3) is 5.76 Å². The Labute approximate surface area is 210 Å². The van der Waals surface area contributed by atoms with Gasteiger partial charge in [-0.05, 0) is 60.4 Å². The van der Waals surface area contributed by atoms with E-state index in [1.54, 1.807) is 37.4 Å². The molecule has 0 aliphatic carbocycles. The number of carbonyl (C=O) groups excluding carboxylic acids is 2. The third-order valence-electron chi connectivity index (χ3n) is 6.20. The van der Waals surface area contributed by atoms with Crippen molar-refractivity contribution in [1.82, 2.24) is 4.90 Å². The molecular formula is C29H29NO6. The zero-order valence-electron chi connectivity index (χ0n) is 20.3. The number of phenols is 1. The molecule has 4 rings (SSSR count). The first-order chi connectivity index (χ1) is 17.4. The Balaban J connectivity index is 1.68. The smallest absolute Gasteiger partial charge is 0.295 e. The van der Waals surface area contributed by atoms with E-state index < -0.39 is 17.7 Å². The number of Topliss-reactive ketones (excluding diaryl/α,β-unsaturated/α-hetero) is 1. The molecule has 1 aliphatic rings. The van der Waals surface area contributed by atoms with Crippen LogP contribution in [-0.4, -0.2) is 47.1 Å². The van der Waals surface area contributed by atoms with Crippen LogP contribution in [0.1, 0.15) is 34.7 Å². The van der Waals surface area contributed by atoms with E-state index in [1.807, 2.05) is 37.3 Å². The van der Waals surface area contributed by atoms with E-state index in [2.05, 4.69) is 0 Å². The van der Waals surface area contributed by atoms with Crippen LogP contribution in [0.4, 0.5) is 0 Å². The molecule has 0 saturated carbocycles. The van der Waals surface area contributed by atoms with E-state index in [1.165, 1.54) is 17.0 Å². The van der Waals surface area contributed by atoms with Crippen LogP contribution in [0.5, 0.6) is 11.5 Å². The van der Waals surface area contributed by atoms with Gasteiger partial charge in [0.1, 0.15) is 23.9 Å². The normalized spacial score (nSPS) is 16.9. The molecule has 1 amide bonds. The van der Waals surface area contributed by atoms with Crippen LogP contribution in [-0.2, 0) is 20.9 Å². The number of aliphatic hydroxyl groups excluding tert-OH is 1. The van der Waals surface area contributed by atoms with Crippen molar-refractivity contribution in [3.63, 3.8) is 0 Å². The number of ketones is 1. The van der Waals surface area contributed by atoms with Crippen molar-refractivity contribution in [3.05, 3.63) is 101 Å². The van der Waals surface area contributed by atoms with Crippen LogP contribution in [0.2, 0.25) is 0 Å². The number of hydrogen-bond acceptors (Lipinski definition) is 6. The Morgan fingerprint density at radius 2 is 1.72 bits per heavy atom. The van der Waals surface area contributed by atoms with Gasteiger partial charge in [-0.2, -0.15) is 0 Å². The molecule has 0 aromatic heterocycles. The van der Waals surface area contributed by atoms with E-state index in [0.29, 0.717) is 42.1 Å². The van der Waals surface area contributed by atoms with Crippen molar-refractivity contribution >= 4 is 17.4 Å². The quantitative estimate of drug-likeness (QED) is 0.196. The number of methoxy groups -OCH3 is 1. The summed E-state index contributed by atoms with van der Waals surface area (Å²) in [6.07, 6.45) is 0.532. The van der Waals surface area contributed by atoms with Crippen LogP contribution >= 0.6 is 0 Å². The molecule has 3 aromatic carbocycles. The van der Waals surface area contributed by atoms with Crippen molar-refractivity contribution in [2.75, 3.05) is 20.3 Å². The zero-order chi connectivity index (χ0) is 25.7. The molecule has 1 saturated heterocycles. The number of hydrogen-bond donors (Lipinski definition) is 2. The van der Waals surface area contributed by atoms with Crippen LogP contribution in [0.3, 0.4) is 0 Å². The number of aromatic hydroxyl groups is 1. The lowest BCUT2D eigenvalue weighted by molar-refractivity contribution is -0.140. The van der Waals surface area contributed by atoms with Gasteiger partial charge in [-0.3, -0.25) is 9.59 Å². The Hall–Kier alpha value is -4.10. The van der Waals surface area contributed by atoms with Gasteiger partial charge in [-0.15, -0.1) is 0 Å². The molecule has 0 radical (unpaired) electrons. The van der Waals surface area contributed by atoms with Gasteiger partial charge >= 0.3 is 0 Å². The number of rotatable bonds is 9. The number of benzene rings is 3. The lowest BCUT2D eigenvalue weighted by Gasteiger charge is -2.25. The summed E-state index contributed by atoms with van der Waals surface area (Å²) in [4.78, 5) is 27.6. The molecular weight excluding hydrogens is 458 g/mol. The highest BCUT2D eigenvalue weighted by Crippen LogP contribution is 2.40. The van der Waals surface area contributed by atoms with Gasteiger partial charge in [0.05, 0.1) is 11.6 Å². The maximum atomic E-state index is 13.1. The molecule has 1 aliphatic heterocycles. The van der Waals surface area contributed by atoms with Crippen LogP contribution < -0.4 is 4.74 Å². The van der Waals surface area contributed by atoms with E-state index in [4.69, 9.17) is 9.47 Å². The molecule has 7 nitrogen and oxygen atoms in total. The molecule has 0 bridgehead atoms. The number of likely N-dealkylation sites (tertiary alicyclic amines) is 1. The van der Waals surface area contributed by atoms with Crippen molar-refractivity contribution in [2.24, 2.45) is 0 Å². The fourth-order valence-electron chi connectivity index (χ4n) is 4.37. The second kappa shape index (κ2) is 11.1. The lowest BCUT2D eigenvalue weighted by Crippen LogP contribution is -2.31. The van der Waals surface area contributed by atoms with E-state index >= 15 is 0 Å². The minimum absolute atomic E-state index is 0.0177. The first-order valence-electron chi connectivity index (χ1n) is 11.7. The third-order valence-corrected chi connectivity index (χ3v) is 6.20. The van der Waals surface area contributed by atoms with Crippen LogP contribution in [0.15, 0.2) is 78.4 Å². The Morgan fingerprint density at radius 3 is 2.39 bits per heavy atom. The highest BCUT2D eigenvalue weighted by molar-refractivity contribution is 6.46. The molecule has 1 atom stereocenters. The van der Waals surface area contributed by atoms with Gasteiger partial charge in [-0.1, -0.05) is 42.5 Å². The molecule has 36 heavy (non-hydrogen) atoms. The summed E-state index contributed by atoms with van der Waals surface area (Å²) >= 11 is 0. The number of aryl methyl sites for hydroxylation is 1. The summed E-state index contributed by atoms with van der Waals surface area (Å²) in [6, 6.07) is 20.5. The molecule has 1 unspecified atom stereocenters. The second-order valence-electron chi connectivity index (χ2n) is 8.68. The van der Waals surface area contributed by atoms with E-state index in [-0.39, 0.29) is 23.6 Å². The maximum absolute atomic E-state index is 13.1. The van der Waals surface area contributed by atoms with Crippen molar-refractivity contribution in [2.45, 2.75) is 26.0 Å². The van der Waals surface area contributed by atoms with Gasteiger partial charge in [0.25, 0.3) is 11.7 Å². The first-order valence-corrected chi connectivity index (χ1v) is 11.7. The highest BCUT2D eigenvalue weighted by Gasteiger charge is 2.45. The van der Waals surface area contributed by atoms with Gasteiger partial charge < -0.3 is 24.6 Å². The van der Waals surface area contributed by atoms with E-state index in [0.717, 1.165) is 5.56 Å². The maximum Gasteiger partial charge on any atom is 0.295 e. The largest absolute Gasteiger partial charge is 0.508 e. The molecule has 0 spiro atoms. The van der Waals surface area contributed by atoms with Gasteiger partial charge in [0, 0.05) is 25.8 Å². The van der Waals surface area contributed by atoms with Gasteiger partial charge in [-0.25, -0.2) is 0 Å². The monoisotopic (exact) mass is 487 g/mol. The summed E-state index contributed by atoms with van der Waals surface area (Å²) < 4.78 is 11.0. The summed E-state index contributed by atoms with van der Waals surface area (Å²) in [5.74, 6) is -0.967. The molecule has 1 heterocycles. The number of carbonyl (C=O) groups is 2. The minimum Gasteiger partial charge on any atom is -0.508 e. The predicted molar refractivity (Wildman–Crippen MR) is 136 cm³/mol. The predicted octanol–water partition coefficient (Wildman–Crippen LogP) is 4.74. The summed E-state index contributed by atoms with van der Waals surface area (Å²) in [5, 5.41) is 21.1. The Morgan fingerprint density at radius 1 is 1.00 bits per heavy atom. The molecule has 3 aromatic rings. The van der Waals surface area contributed by atoms with Crippen LogP contribution in [0, 0.1) is 6.92 Å². The molecule has 2 N–H and O–H groups in total. The number of amides is 1. The molecule has 186 valence electrons. The van der Waals surface area contributed by atoms with Gasteiger partial charge in [0.2, 0.25) is 0 Å². The summed E-state index contributed by atoms with van der Waals surface area (Å²) in [5.41, 5.74) is 2.81. The number of aliphatic hydroxyl groups is 1. The molecule has 1 fully saturated rings. The minimum atomic E-state index is -0.782. The van der Waals surface area contributed by atoms with Crippen molar-refractivity contribution in [3.8, 4) is 11.5 Å². The lowest BCUT2D eigenvalue weighted by atomic mass is 9.94. The zero-order valence-corrected chi connectivity index (χ0v) is 20.3. The number of ether oxygens (including phenoxy) is 2. The average molecular weight is 488 g/mol. The standard InChI is InChI=1S/C29H29NO6/c1-19-17-23(36-18-20-7-4-3-5-8-20)13-14-24(19)27(32)25-26(21-9-11-22(31)12-10-21)30(15-6-16-35-2)29(34)28(25)33/h3-5,7-14,17,26,31-32H,6,15-16,18H2,1-2H3/b27-25-. The second-order valence-corrected chi connectivity index (χ2v) is 8.68. The summed E-state index contributed by atoms with van der Waals surface area (Å²) in [7, 11) is 1.57. The third kappa shape index (κ3) is 5.26. The summed E-state index contributed by atoms with van der Waals surface area (Å²) in [6.45, 7) is 2.93. The van der Waals surface area contributed by atoms with Gasteiger partial charge in [0.15, 0.2) is 0 Å². The Kier molecular flexibility index (Phi) is 7.71. The molecule has 7 heteroatoms. The van der Waals surface area contributed by atoms with E-state index in [9.17, 15) is 19.8 Å². The van der Waals surface area contributed by atoms with Crippen molar-refractivity contribution in [1.29, 1.82) is 0 Å².